The van der Waals surface area contributed by atoms with E-state index in [9.17, 15) is 0 Å². The molecule has 4 aromatic rings. The van der Waals surface area contributed by atoms with Gasteiger partial charge in [0.25, 0.3) is 0 Å². The molecule has 0 saturated carbocycles. The van der Waals surface area contributed by atoms with E-state index in [1.807, 2.05) is 84.9 Å². The Kier molecular flexibility index (Phi) is 4.99. The number of anilines is 1. The number of furan rings is 1. The van der Waals surface area contributed by atoms with Crippen molar-refractivity contribution < 1.29 is 4.42 Å². The molecule has 148 valence electrons. The SMILES string of the molecule is S=C1N[C@@H](c2ccccn2)[C@H](c2ccc(-c3ccccc3)o2)N1c1ccc(Cl)cc1. The van der Waals surface area contributed by atoms with Gasteiger partial charge in [-0.05, 0) is 60.7 Å². The number of hydrogen-bond acceptors (Lipinski definition) is 3. The van der Waals surface area contributed by atoms with Crippen LogP contribution in [0.2, 0.25) is 5.02 Å². The van der Waals surface area contributed by atoms with Crippen LogP contribution in [0.4, 0.5) is 5.69 Å². The predicted octanol–water partition coefficient (Wildman–Crippen LogP) is 6.17. The number of nitrogens with one attached hydrogen (secondary N) is 1. The lowest BCUT2D eigenvalue weighted by Gasteiger charge is -2.26. The second-order valence-corrected chi connectivity index (χ2v) is 7.86. The van der Waals surface area contributed by atoms with Gasteiger partial charge in [-0.1, -0.05) is 48.0 Å². The quantitative estimate of drug-likeness (QED) is 0.391. The van der Waals surface area contributed by atoms with E-state index in [-0.39, 0.29) is 12.1 Å². The molecular formula is C24H18ClN3OS. The van der Waals surface area contributed by atoms with Gasteiger partial charge in [-0.15, -0.1) is 0 Å². The first kappa shape index (κ1) is 18.9. The van der Waals surface area contributed by atoms with Crippen LogP contribution in [0, 0.1) is 0 Å². The summed E-state index contributed by atoms with van der Waals surface area (Å²) in [7, 11) is 0. The van der Waals surface area contributed by atoms with Gasteiger partial charge in [-0.2, -0.15) is 0 Å². The number of hydrogen-bond donors (Lipinski definition) is 1. The molecule has 1 aliphatic heterocycles. The van der Waals surface area contributed by atoms with Gasteiger partial charge in [0.1, 0.15) is 17.6 Å². The minimum absolute atomic E-state index is 0.149. The van der Waals surface area contributed by atoms with Crippen molar-refractivity contribution in [3.8, 4) is 11.3 Å². The van der Waals surface area contributed by atoms with Crippen molar-refractivity contribution in [3.63, 3.8) is 0 Å². The van der Waals surface area contributed by atoms with E-state index in [0.717, 1.165) is 28.5 Å². The molecule has 0 aliphatic carbocycles. The molecule has 1 fully saturated rings. The zero-order chi connectivity index (χ0) is 20.5. The lowest BCUT2D eigenvalue weighted by atomic mass is 10.0. The van der Waals surface area contributed by atoms with Crippen molar-refractivity contribution in [2.24, 2.45) is 0 Å². The van der Waals surface area contributed by atoms with Crippen LogP contribution in [0.15, 0.2) is 95.5 Å². The summed E-state index contributed by atoms with van der Waals surface area (Å²) in [6.07, 6.45) is 1.79. The number of benzene rings is 2. The Morgan fingerprint density at radius 3 is 2.40 bits per heavy atom. The highest BCUT2D eigenvalue weighted by molar-refractivity contribution is 7.80. The Balaban J connectivity index is 1.60. The Morgan fingerprint density at radius 1 is 0.900 bits per heavy atom. The summed E-state index contributed by atoms with van der Waals surface area (Å²) < 4.78 is 6.33. The van der Waals surface area contributed by atoms with Crippen molar-refractivity contribution in [1.82, 2.24) is 10.3 Å². The molecule has 2 aromatic carbocycles. The third kappa shape index (κ3) is 3.47. The number of pyridine rings is 1. The number of rotatable bonds is 4. The van der Waals surface area contributed by atoms with E-state index >= 15 is 0 Å². The summed E-state index contributed by atoms with van der Waals surface area (Å²) in [6, 6.07) is 27.3. The largest absolute Gasteiger partial charge is 0.459 e. The summed E-state index contributed by atoms with van der Waals surface area (Å²) in [6.45, 7) is 0. The van der Waals surface area contributed by atoms with Crippen LogP contribution in [-0.2, 0) is 0 Å². The van der Waals surface area contributed by atoms with Crippen LogP contribution in [0.5, 0.6) is 0 Å². The van der Waals surface area contributed by atoms with Crippen molar-refractivity contribution >= 4 is 34.6 Å². The Hall–Kier alpha value is -3.15. The minimum atomic E-state index is -0.189. The fourth-order valence-electron chi connectivity index (χ4n) is 3.79. The smallest absolute Gasteiger partial charge is 0.174 e. The van der Waals surface area contributed by atoms with Gasteiger partial charge in [0.2, 0.25) is 0 Å². The number of halogens is 1. The van der Waals surface area contributed by atoms with E-state index < -0.39 is 0 Å². The Bertz CT molecular complexity index is 1160. The van der Waals surface area contributed by atoms with Gasteiger partial charge >= 0.3 is 0 Å². The summed E-state index contributed by atoms with van der Waals surface area (Å²) in [5.74, 6) is 1.63. The summed E-state index contributed by atoms with van der Waals surface area (Å²) in [5, 5.41) is 4.73. The topological polar surface area (TPSA) is 41.3 Å². The van der Waals surface area contributed by atoms with E-state index in [1.54, 1.807) is 6.20 Å². The molecule has 0 amide bonds. The van der Waals surface area contributed by atoms with Gasteiger partial charge in [0.05, 0.1) is 11.7 Å². The van der Waals surface area contributed by atoms with Crippen molar-refractivity contribution in [1.29, 1.82) is 0 Å². The van der Waals surface area contributed by atoms with Gasteiger partial charge in [0.15, 0.2) is 5.11 Å². The van der Waals surface area contributed by atoms with E-state index in [4.69, 9.17) is 28.2 Å². The van der Waals surface area contributed by atoms with E-state index in [1.165, 1.54) is 0 Å². The fraction of sp³-hybridized carbons (Fsp3) is 0.0833. The normalized spacial score (nSPS) is 18.4. The van der Waals surface area contributed by atoms with Crippen LogP contribution >= 0.6 is 23.8 Å². The highest BCUT2D eigenvalue weighted by atomic mass is 35.5. The molecule has 3 heterocycles. The first-order chi connectivity index (χ1) is 14.7. The first-order valence-corrected chi connectivity index (χ1v) is 10.4. The first-order valence-electron chi connectivity index (χ1n) is 9.62. The highest BCUT2D eigenvalue weighted by Gasteiger charge is 2.42. The summed E-state index contributed by atoms with van der Waals surface area (Å²) >= 11 is 11.8. The average Bonchev–Trinajstić information content (AvgIpc) is 3.40. The third-order valence-electron chi connectivity index (χ3n) is 5.18. The number of thiocarbonyl (C=S) groups is 1. The summed E-state index contributed by atoms with van der Waals surface area (Å²) in [5.41, 5.74) is 2.88. The van der Waals surface area contributed by atoms with Crippen molar-refractivity contribution in [2.75, 3.05) is 4.90 Å². The van der Waals surface area contributed by atoms with Crippen LogP contribution in [0.3, 0.4) is 0 Å². The third-order valence-corrected chi connectivity index (χ3v) is 5.75. The monoisotopic (exact) mass is 431 g/mol. The van der Waals surface area contributed by atoms with Gasteiger partial charge in [0, 0.05) is 22.5 Å². The zero-order valence-corrected chi connectivity index (χ0v) is 17.5. The molecule has 30 heavy (non-hydrogen) atoms. The molecule has 6 heteroatoms. The maximum absolute atomic E-state index is 6.33. The molecular weight excluding hydrogens is 414 g/mol. The maximum Gasteiger partial charge on any atom is 0.174 e. The molecule has 2 aromatic heterocycles. The van der Waals surface area contributed by atoms with E-state index in [0.29, 0.717) is 10.1 Å². The molecule has 2 atom stereocenters. The van der Waals surface area contributed by atoms with Crippen LogP contribution in [0.1, 0.15) is 23.5 Å². The lowest BCUT2D eigenvalue weighted by molar-refractivity contribution is 0.439. The predicted molar refractivity (Wildman–Crippen MR) is 124 cm³/mol. The van der Waals surface area contributed by atoms with Crippen LogP contribution < -0.4 is 10.2 Å². The van der Waals surface area contributed by atoms with Gasteiger partial charge < -0.3 is 14.6 Å². The van der Waals surface area contributed by atoms with Crippen molar-refractivity contribution in [2.45, 2.75) is 12.1 Å². The second kappa shape index (κ2) is 7.94. The molecule has 1 N–H and O–H groups in total. The lowest BCUT2D eigenvalue weighted by Crippen LogP contribution is -2.29. The molecule has 0 spiro atoms. The molecule has 4 nitrogen and oxygen atoms in total. The van der Waals surface area contributed by atoms with Crippen LogP contribution in [-0.4, -0.2) is 10.1 Å². The molecule has 0 unspecified atom stereocenters. The van der Waals surface area contributed by atoms with Crippen molar-refractivity contribution in [3.05, 3.63) is 108 Å². The molecule has 0 bridgehead atoms. The second-order valence-electron chi connectivity index (χ2n) is 7.04. The highest BCUT2D eigenvalue weighted by Crippen LogP contribution is 2.43. The van der Waals surface area contributed by atoms with Gasteiger partial charge in [-0.3, -0.25) is 4.98 Å². The molecule has 0 radical (unpaired) electrons. The zero-order valence-electron chi connectivity index (χ0n) is 15.9. The average molecular weight is 432 g/mol. The fourth-order valence-corrected chi connectivity index (χ4v) is 4.26. The maximum atomic E-state index is 6.33. The van der Waals surface area contributed by atoms with E-state index in [2.05, 4.69) is 15.2 Å². The molecule has 1 saturated heterocycles. The van der Waals surface area contributed by atoms with Crippen LogP contribution in [0.25, 0.3) is 11.3 Å². The minimum Gasteiger partial charge on any atom is -0.459 e. The number of nitrogens with zero attached hydrogens (tertiary/aromatic N) is 2. The van der Waals surface area contributed by atoms with Gasteiger partial charge in [-0.25, -0.2) is 0 Å². The number of aromatic nitrogens is 1. The summed E-state index contributed by atoms with van der Waals surface area (Å²) in [4.78, 5) is 6.63. The standard InChI is InChI=1S/C24H18ClN3OS/c25-17-9-11-18(12-10-17)28-23(22(27-24(28)30)19-8-4-5-15-26-19)21-14-13-20(29-21)16-6-2-1-3-7-16/h1-15,22-23H,(H,27,30)/t22-,23-/m0/s1. The molecule has 1 aliphatic rings. The Labute approximate surface area is 185 Å². The Morgan fingerprint density at radius 2 is 1.67 bits per heavy atom. The molecule has 5 rings (SSSR count).